The first-order valence-electron chi connectivity index (χ1n) is 6.22. The molecule has 0 aliphatic heterocycles. The summed E-state index contributed by atoms with van der Waals surface area (Å²) >= 11 is 0. The first kappa shape index (κ1) is 16.2. The summed E-state index contributed by atoms with van der Waals surface area (Å²) in [5.74, 6) is -2.09. The fourth-order valence-corrected chi connectivity index (χ4v) is 2.24. The molecular formula is C13H19NO6. The van der Waals surface area contributed by atoms with Crippen LogP contribution in [0.25, 0.3) is 0 Å². The van der Waals surface area contributed by atoms with Crippen LogP contribution in [-0.2, 0) is 23.9 Å². The minimum Gasteiger partial charge on any atom is -0.478 e. The number of rotatable bonds is 5. The first-order valence-corrected chi connectivity index (χ1v) is 6.22. The molecule has 3 atom stereocenters. The molecule has 7 nitrogen and oxygen atoms in total. The highest BCUT2D eigenvalue weighted by Gasteiger charge is 2.36. The predicted octanol–water partition coefficient (Wildman–Crippen LogP) is 0.100. The van der Waals surface area contributed by atoms with Gasteiger partial charge in [0, 0.05) is 32.4 Å². The SMILES string of the molecule is CO[C@@H]1C=C(C(=O)O)C[C@@H](COC(C)=O)[C@@H]1NC(C)=O. The van der Waals surface area contributed by atoms with Crippen molar-refractivity contribution in [2.45, 2.75) is 32.4 Å². The first-order chi connectivity index (χ1) is 9.35. The molecule has 0 aromatic heterocycles. The topological polar surface area (TPSA) is 102 Å². The molecule has 1 amide bonds. The van der Waals surface area contributed by atoms with Crippen molar-refractivity contribution < 1.29 is 29.0 Å². The van der Waals surface area contributed by atoms with E-state index in [-0.39, 0.29) is 30.4 Å². The zero-order valence-corrected chi connectivity index (χ0v) is 11.7. The van der Waals surface area contributed by atoms with E-state index in [1.165, 1.54) is 27.0 Å². The highest BCUT2D eigenvalue weighted by molar-refractivity contribution is 5.87. The summed E-state index contributed by atoms with van der Waals surface area (Å²) in [6.07, 6.45) is 1.11. The maximum absolute atomic E-state index is 11.3. The summed E-state index contributed by atoms with van der Waals surface area (Å²) in [4.78, 5) is 33.3. The number of amides is 1. The van der Waals surface area contributed by atoms with Gasteiger partial charge in [0.15, 0.2) is 0 Å². The summed E-state index contributed by atoms with van der Waals surface area (Å²) in [7, 11) is 1.43. The molecule has 0 aromatic carbocycles. The molecule has 0 saturated carbocycles. The number of carbonyl (C=O) groups excluding carboxylic acids is 2. The van der Waals surface area contributed by atoms with Crippen LogP contribution in [-0.4, -0.2) is 48.8 Å². The van der Waals surface area contributed by atoms with Crippen molar-refractivity contribution in [1.82, 2.24) is 5.32 Å². The molecule has 7 heteroatoms. The van der Waals surface area contributed by atoms with Gasteiger partial charge in [0.1, 0.15) is 0 Å². The Morgan fingerprint density at radius 2 is 2.05 bits per heavy atom. The molecule has 1 aliphatic rings. The van der Waals surface area contributed by atoms with Gasteiger partial charge in [0.25, 0.3) is 0 Å². The smallest absolute Gasteiger partial charge is 0.331 e. The Bertz CT molecular complexity index is 431. The van der Waals surface area contributed by atoms with Gasteiger partial charge in [0.2, 0.25) is 5.91 Å². The highest BCUT2D eigenvalue weighted by Crippen LogP contribution is 2.27. The number of hydrogen-bond donors (Lipinski definition) is 2. The van der Waals surface area contributed by atoms with Gasteiger partial charge in [-0.3, -0.25) is 9.59 Å². The third-order valence-electron chi connectivity index (χ3n) is 3.13. The Hall–Kier alpha value is -1.89. The van der Waals surface area contributed by atoms with E-state index in [0.29, 0.717) is 0 Å². The van der Waals surface area contributed by atoms with Gasteiger partial charge in [0.05, 0.1) is 18.8 Å². The van der Waals surface area contributed by atoms with Crippen LogP contribution < -0.4 is 5.32 Å². The largest absolute Gasteiger partial charge is 0.478 e. The van der Waals surface area contributed by atoms with Crippen LogP contribution in [0.5, 0.6) is 0 Å². The van der Waals surface area contributed by atoms with Gasteiger partial charge in [-0.25, -0.2) is 4.79 Å². The van der Waals surface area contributed by atoms with E-state index in [1.54, 1.807) is 0 Å². The molecule has 20 heavy (non-hydrogen) atoms. The van der Waals surface area contributed by atoms with E-state index >= 15 is 0 Å². The molecular weight excluding hydrogens is 266 g/mol. The Morgan fingerprint density at radius 3 is 2.50 bits per heavy atom. The molecule has 0 fully saturated rings. The average Bonchev–Trinajstić information content (AvgIpc) is 2.36. The lowest BCUT2D eigenvalue weighted by atomic mass is 9.83. The van der Waals surface area contributed by atoms with Crippen LogP contribution in [0.4, 0.5) is 0 Å². The van der Waals surface area contributed by atoms with Gasteiger partial charge in [-0.1, -0.05) is 0 Å². The van der Waals surface area contributed by atoms with E-state index in [4.69, 9.17) is 14.6 Å². The lowest BCUT2D eigenvalue weighted by Gasteiger charge is -2.35. The van der Waals surface area contributed by atoms with E-state index < -0.39 is 24.1 Å². The molecule has 0 aromatic rings. The van der Waals surface area contributed by atoms with E-state index in [1.807, 2.05) is 0 Å². The molecule has 1 rings (SSSR count). The molecule has 0 saturated heterocycles. The summed E-state index contributed by atoms with van der Waals surface area (Å²) in [6.45, 7) is 2.68. The number of carboxylic acid groups (broad SMARTS) is 1. The van der Waals surface area contributed by atoms with Crippen molar-refractivity contribution in [2.24, 2.45) is 5.92 Å². The number of hydrogen-bond acceptors (Lipinski definition) is 5. The quantitative estimate of drug-likeness (QED) is 0.695. The number of ether oxygens (including phenoxy) is 2. The molecule has 0 unspecified atom stereocenters. The maximum atomic E-state index is 11.3. The zero-order valence-electron chi connectivity index (χ0n) is 11.7. The summed E-state index contributed by atoms with van der Waals surface area (Å²) < 4.78 is 10.2. The number of esters is 1. The summed E-state index contributed by atoms with van der Waals surface area (Å²) in [6, 6.07) is -0.431. The second-order valence-corrected chi connectivity index (χ2v) is 4.69. The monoisotopic (exact) mass is 285 g/mol. The summed E-state index contributed by atoms with van der Waals surface area (Å²) in [5.41, 5.74) is 0.190. The molecule has 0 bridgehead atoms. The summed E-state index contributed by atoms with van der Waals surface area (Å²) in [5, 5.41) is 11.8. The van der Waals surface area contributed by atoms with Crippen molar-refractivity contribution >= 4 is 17.8 Å². The third-order valence-corrected chi connectivity index (χ3v) is 3.13. The van der Waals surface area contributed by atoms with Crippen molar-refractivity contribution in [2.75, 3.05) is 13.7 Å². The van der Waals surface area contributed by atoms with Crippen LogP contribution in [0.1, 0.15) is 20.3 Å². The molecule has 0 heterocycles. The molecule has 0 radical (unpaired) electrons. The second-order valence-electron chi connectivity index (χ2n) is 4.69. The van der Waals surface area contributed by atoms with Crippen molar-refractivity contribution in [3.8, 4) is 0 Å². The fourth-order valence-electron chi connectivity index (χ4n) is 2.24. The number of carboxylic acids is 1. The molecule has 1 aliphatic carbocycles. The van der Waals surface area contributed by atoms with Crippen LogP contribution in [0.15, 0.2) is 11.6 Å². The Balaban J connectivity index is 2.95. The number of methoxy groups -OCH3 is 1. The van der Waals surface area contributed by atoms with Crippen LogP contribution in [0.2, 0.25) is 0 Å². The van der Waals surface area contributed by atoms with Crippen LogP contribution >= 0.6 is 0 Å². The number of carbonyl (C=O) groups is 3. The van der Waals surface area contributed by atoms with Gasteiger partial charge >= 0.3 is 11.9 Å². The van der Waals surface area contributed by atoms with Crippen molar-refractivity contribution in [3.63, 3.8) is 0 Å². The van der Waals surface area contributed by atoms with Gasteiger partial charge in [-0.05, 0) is 12.5 Å². The van der Waals surface area contributed by atoms with E-state index in [0.717, 1.165) is 0 Å². The molecule has 0 spiro atoms. The number of aliphatic carboxylic acids is 1. The predicted molar refractivity (Wildman–Crippen MR) is 68.9 cm³/mol. The van der Waals surface area contributed by atoms with Gasteiger partial charge < -0.3 is 19.9 Å². The lowest BCUT2D eigenvalue weighted by molar-refractivity contribution is -0.143. The Kier molecular flexibility index (Phi) is 5.69. The highest BCUT2D eigenvalue weighted by atomic mass is 16.5. The normalized spacial score (nSPS) is 25.6. The third kappa shape index (κ3) is 4.34. The van der Waals surface area contributed by atoms with Crippen LogP contribution in [0, 0.1) is 5.92 Å². The molecule has 112 valence electrons. The van der Waals surface area contributed by atoms with Crippen LogP contribution in [0.3, 0.4) is 0 Å². The average molecular weight is 285 g/mol. The van der Waals surface area contributed by atoms with E-state index in [9.17, 15) is 14.4 Å². The second kappa shape index (κ2) is 7.04. The zero-order chi connectivity index (χ0) is 15.3. The lowest BCUT2D eigenvalue weighted by Crippen LogP contribution is -2.51. The Morgan fingerprint density at radius 1 is 1.40 bits per heavy atom. The number of nitrogens with one attached hydrogen (secondary N) is 1. The minimum atomic E-state index is -1.04. The fraction of sp³-hybridized carbons (Fsp3) is 0.615. The van der Waals surface area contributed by atoms with Crippen molar-refractivity contribution in [3.05, 3.63) is 11.6 Å². The standard InChI is InChI=1S/C13H19NO6/c1-7(15)14-12-10(6-20-8(2)16)4-9(13(17)18)5-11(12)19-3/h5,10-12H,4,6H2,1-3H3,(H,14,15)(H,17,18)/t10-,11+,12-/m0/s1. The minimum absolute atomic E-state index is 0.0325. The molecule has 2 N–H and O–H groups in total. The van der Waals surface area contributed by atoms with Crippen molar-refractivity contribution in [1.29, 1.82) is 0 Å². The van der Waals surface area contributed by atoms with Gasteiger partial charge in [-0.15, -0.1) is 0 Å². The Labute approximate surface area is 116 Å². The van der Waals surface area contributed by atoms with E-state index in [2.05, 4.69) is 5.32 Å². The van der Waals surface area contributed by atoms with Gasteiger partial charge in [-0.2, -0.15) is 0 Å². The maximum Gasteiger partial charge on any atom is 0.331 e.